The molecule has 10 nitrogen and oxygen atoms in total. The Hall–Kier alpha value is -3.79. The summed E-state index contributed by atoms with van der Waals surface area (Å²) in [4.78, 5) is 30.9. The topological polar surface area (TPSA) is 125 Å². The van der Waals surface area contributed by atoms with Crippen LogP contribution in [-0.4, -0.2) is 48.2 Å². The number of amides is 1. The minimum atomic E-state index is -0.235. The van der Waals surface area contributed by atoms with Crippen LogP contribution in [0.5, 0.6) is 0 Å². The van der Waals surface area contributed by atoms with Crippen molar-refractivity contribution in [2.45, 2.75) is 25.9 Å². The van der Waals surface area contributed by atoms with E-state index >= 15 is 0 Å². The molecule has 1 aliphatic heterocycles. The highest BCUT2D eigenvalue weighted by molar-refractivity contribution is 5.76. The number of nitrogens with two attached hydrogens (primary N) is 1. The van der Waals surface area contributed by atoms with Gasteiger partial charge in [-0.2, -0.15) is 10.1 Å². The minimum absolute atomic E-state index is 0.0581. The monoisotopic (exact) mass is 433 g/mol. The van der Waals surface area contributed by atoms with Crippen molar-refractivity contribution in [2.75, 3.05) is 13.1 Å². The van der Waals surface area contributed by atoms with Gasteiger partial charge in [-0.3, -0.25) is 14.5 Å². The molecule has 4 heterocycles. The summed E-state index contributed by atoms with van der Waals surface area (Å²) in [5, 5.41) is 8.52. The van der Waals surface area contributed by atoms with Crippen molar-refractivity contribution in [3.8, 4) is 11.3 Å². The lowest BCUT2D eigenvalue weighted by atomic mass is 9.96. The van der Waals surface area contributed by atoms with Crippen LogP contribution < -0.4 is 11.3 Å². The summed E-state index contributed by atoms with van der Waals surface area (Å²) in [6.07, 6.45) is 4.89. The van der Waals surface area contributed by atoms with Gasteiger partial charge in [0.15, 0.2) is 5.82 Å². The molecule has 1 saturated heterocycles. The van der Waals surface area contributed by atoms with E-state index in [2.05, 4.69) is 20.1 Å². The van der Waals surface area contributed by atoms with Crippen molar-refractivity contribution in [3.63, 3.8) is 0 Å². The van der Waals surface area contributed by atoms with Crippen LogP contribution in [0.25, 0.3) is 16.8 Å². The van der Waals surface area contributed by atoms with Gasteiger partial charge in [0.1, 0.15) is 5.52 Å². The highest BCUT2D eigenvalue weighted by Crippen LogP contribution is 2.19. The first kappa shape index (κ1) is 20.1. The number of likely N-dealkylation sites (tertiary alicyclic amines) is 1. The van der Waals surface area contributed by atoms with Crippen LogP contribution in [0.15, 0.2) is 58.1 Å². The maximum absolute atomic E-state index is 13.0. The van der Waals surface area contributed by atoms with Crippen LogP contribution in [0.3, 0.4) is 0 Å². The molecule has 4 aromatic rings. The molecule has 0 unspecified atom stereocenters. The molecule has 0 spiro atoms. The molecular formula is C22H23N7O3. The zero-order valence-corrected chi connectivity index (χ0v) is 17.4. The first-order chi connectivity index (χ1) is 15.6. The summed E-state index contributed by atoms with van der Waals surface area (Å²) in [5.74, 6) is 0.627. The molecule has 2 N–H and O–H groups in total. The number of aromatic nitrogens is 5. The average Bonchev–Trinajstić information content (AvgIpc) is 3.44. The van der Waals surface area contributed by atoms with Gasteiger partial charge >= 0.3 is 0 Å². The van der Waals surface area contributed by atoms with Crippen LogP contribution in [0.1, 0.15) is 24.6 Å². The largest absolute Gasteiger partial charge is 0.369 e. The van der Waals surface area contributed by atoms with E-state index in [-0.39, 0.29) is 23.9 Å². The Morgan fingerprint density at radius 1 is 1.12 bits per heavy atom. The second-order valence-electron chi connectivity index (χ2n) is 8.01. The van der Waals surface area contributed by atoms with Gasteiger partial charge in [-0.1, -0.05) is 35.5 Å². The van der Waals surface area contributed by atoms with Gasteiger partial charge in [-0.25, -0.2) is 4.52 Å². The lowest BCUT2D eigenvalue weighted by Gasteiger charge is -2.29. The first-order valence-corrected chi connectivity index (χ1v) is 10.5. The number of primary amides is 1. The molecule has 32 heavy (non-hydrogen) atoms. The van der Waals surface area contributed by atoms with Gasteiger partial charge in [0.05, 0.1) is 18.8 Å². The van der Waals surface area contributed by atoms with E-state index in [1.165, 1.54) is 0 Å². The van der Waals surface area contributed by atoms with E-state index in [4.69, 9.17) is 10.3 Å². The lowest BCUT2D eigenvalue weighted by molar-refractivity contribution is -0.123. The lowest BCUT2D eigenvalue weighted by Crippen LogP contribution is -2.38. The quantitative estimate of drug-likeness (QED) is 0.486. The Kier molecular flexibility index (Phi) is 5.28. The molecule has 1 fully saturated rings. The Bertz CT molecular complexity index is 1300. The van der Waals surface area contributed by atoms with Crippen LogP contribution in [0.4, 0.5) is 0 Å². The molecule has 10 heteroatoms. The molecule has 164 valence electrons. The number of rotatable bonds is 6. The molecule has 0 saturated carbocycles. The molecule has 0 radical (unpaired) electrons. The van der Waals surface area contributed by atoms with Crippen LogP contribution >= 0.6 is 0 Å². The SMILES string of the molecule is NC(=O)C1CCN(Cc2nc(Cn3ccn4nc(-c5ccccc5)cc4c3=O)no2)CC1. The minimum Gasteiger partial charge on any atom is -0.369 e. The third-order valence-corrected chi connectivity index (χ3v) is 5.84. The van der Waals surface area contributed by atoms with Gasteiger partial charge < -0.3 is 14.8 Å². The Morgan fingerprint density at radius 2 is 1.91 bits per heavy atom. The van der Waals surface area contributed by atoms with Crippen LogP contribution in [-0.2, 0) is 17.9 Å². The summed E-state index contributed by atoms with van der Waals surface area (Å²) in [5.41, 5.74) is 7.38. The predicted octanol–water partition coefficient (Wildman–Crippen LogP) is 1.29. The first-order valence-electron chi connectivity index (χ1n) is 10.5. The van der Waals surface area contributed by atoms with E-state index in [9.17, 15) is 9.59 Å². The number of carbonyl (C=O) groups excluding carboxylic acids is 1. The summed E-state index contributed by atoms with van der Waals surface area (Å²) in [6.45, 7) is 2.22. The molecule has 0 atom stereocenters. The zero-order chi connectivity index (χ0) is 22.1. The number of nitrogens with zero attached hydrogens (tertiary/aromatic N) is 6. The van der Waals surface area contributed by atoms with Crippen molar-refractivity contribution in [2.24, 2.45) is 11.7 Å². The van der Waals surface area contributed by atoms with Gasteiger partial charge in [0, 0.05) is 23.9 Å². The molecule has 0 bridgehead atoms. The maximum Gasteiger partial charge on any atom is 0.277 e. The van der Waals surface area contributed by atoms with E-state index in [1.54, 1.807) is 27.5 Å². The smallest absolute Gasteiger partial charge is 0.277 e. The Labute approximate surface area is 183 Å². The fraction of sp³-hybridized carbons (Fsp3) is 0.318. The molecule has 0 aliphatic carbocycles. The van der Waals surface area contributed by atoms with Crippen LogP contribution in [0.2, 0.25) is 0 Å². The predicted molar refractivity (Wildman–Crippen MR) is 115 cm³/mol. The third kappa shape index (κ3) is 4.04. The fourth-order valence-corrected chi connectivity index (χ4v) is 4.04. The highest BCUT2D eigenvalue weighted by atomic mass is 16.5. The van der Waals surface area contributed by atoms with E-state index in [1.807, 2.05) is 30.3 Å². The van der Waals surface area contributed by atoms with Crippen molar-refractivity contribution < 1.29 is 9.32 Å². The highest BCUT2D eigenvalue weighted by Gasteiger charge is 2.24. The zero-order valence-electron chi connectivity index (χ0n) is 17.4. The number of hydrogen-bond acceptors (Lipinski definition) is 7. The average molecular weight is 433 g/mol. The number of carbonyl (C=O) groups is 1. The Morgan fingerprint density at radius 3 is 2.66 bits per heavy atom. The van der Waals surface area contributed by atoms with E-state index < -0.39 is 0 Å². The third-order valence-electron chi connectivity index (χ3n) is 5.84. The second-order valence-corrected chi connectivity index (χ2v) is 8.01. The molecule has 1 aromatic carbocycles. The van der Waals surface area contributed by atoms with Crippen molar-refractivity contribution >= 4 is 11.4 Å². The Balaban J connectivity index is 1.29. The number of fused-ring (bicyclic) bond motifs is 1. The van der Waals surface area contributed by atoms with Crippen molar-refractivity contribution in [3.05, 3.63) is 70.9 Å². The normalized spacial score (nSPS) is 15.4. The number of piperidine rings is 1. The van der Waals surface area contributed by atoms with Crippen molar-refractivity contribution in [1.29, 1.82) is 0 Å². The van der Waals surface area contributed by atoms with Gasteiger partial charge in [0.2, 0.25) is 11.8 Å². The van der Waals surface area contributed by atoms with Crippen LogP contribution in [0, 0.1) is 5.92 Å². The van der Waals surface area contributed by atoms with Gasteiger partial charge in [-0.05, 0) is 32.0 Å². The number of hydrogen-bond donors (Lipinski definition) is 1. The summed E-state index contributed by atoms with van der Waals surface area (Å²) < 4.78 is 8.50. The fourth-order valence-electron chi connectivity index (χ4n) is 4.04. The maximum atomic E-state index is 13.0. The standard InChI is InChI=1S/C22H23N7O3/c23-21(30)16-6-8-27(9-7-16)14-20-24-19(26-32-20)13-28-10-11-29-18(22(28)31)12-17(25-29)15-4-2-1-3-5-15/h1-5,10-12,16H,6-9,13-14H2,(H2,23,30). The molecule has 3 aromatic heterocycles. The number of benzene rings is 1. The molecule has 1 amide bonds. The summed E-state index contributed by atoms with van der Waals surface area (Å²) >= 11 is 0. The molecule has 5 rings (SSSR count). The van der Waals surface area contributed by atoms with E-state index in [0.29, 0.717) is 23.8 Å². The van der Waals surface area contributed by atoms with Crippen molar-refractivity contribution in [1.82, 2.24) is 29.2 Å². The second kappa shape index (κ2) is 8.39. The summed E-state index contributed by atoms with van der Waals surface area (Å²) in [7, 11) is 0. The molecular weight excluding hydrogens is 410 g/mol. The summed E-state index contributed by atoms with van der Waals surface area (Å²) in [6, 6.07) is 11.5. The van der Waals surface area contributed by atoms with Gasteiger partial charge in [0.25, 0.3) is 5.56 Å². The van der Waals surface area contributed by atoms with E-state index in [0.717, 1.165) is 37.2 Å². The molecule has 1 aliphatic rings. The van der Waals surface area contributed by atoms with Gasteiger partial charge in [-0.15, -0.1) is 0 Å².